The number of ketones is 1. The van der Waals surface area contributed by atoms with Crippen LogP contribution in [0.2, 0.25) is 5.02 Å². The SMILES string of the molecule is CC(=O)Nc1cncc(C(=O)CC23CC(NC(=O)COc4ccc(Cl)c(F)c4)(C2)C3)c1. The Morgan fingerprint density at radius 1 is 1.19 bits per heavy atom. The molecule has 3 aliphatic carbocycles. The van der Waals surface area contributed by atoms with Crippen LogP contribution in [0.1, 0.15) is 43.0 Å². The summed E-state index contributed by atoms with van der Waals surface area (Å²) in [6.45, 7) is 1.17. The molecule has 0 unspecified atom stereocenters. The molecule has 0 spiro atoms. The molecule has 0 atom stereocenters. The highest BCUT2D eigenvalue weighted by molar-refractivity contribution is 6.30. The lowest BCUT2D eigenvalue weighted by Gasteiger charge is -2.70. The molecular weight excluding hydrogens is 425 g/mol. The molecule has 3 saturated carbocycles. The van der Waals surface area contributed by atoms with E-state index in [0.717, 1.165) is 25.3 Å². The van der Waals surface area contributed by atoms with Crippen molar-refractivity contribution in [3.63, 3.8) is 0 Å². The third-order valence-corrected chi connectivity index (χ3v) is 6.03. The minimum absolute atomic E-state index is 0.0110. The monoisotopic (exact) mass is 445 g/mol. The van der Waals surface area contributed by atoms with E-state index in [1.54, 1.807) is 6.07 Å². The smallest absolute Gasteiger partial charge is 0.258 e. The van der Waals surface area contributed by atoms with Crippen LogP contribution in [0.3, 0.4) is 0 Å². The lowest BCUT2D eigenvalue weighted by Crippen LogP contribution is -2.75. The zero-order valence-electron chi connectivity index (χ0n) is 16.8. The lowest BCUT2D eigenvalue weighted by atomic mass is 9.38. The molecule has 3 fully saturated rings. The Hall–Kier alpha value is -3.00. The van der Waals surface area contributed by atoms with Crippen molar-refractivity contribution in [2.24, 2.45) is 5.41 Å². The lowest BCUT2D eigenvalue weighted by molar-refractivity contribution is -0.164. The predicted octanol–water partition coefficient (Wildman–Crippen LogP) is 3.52. The van der Waals surface area contributed by atoms with Gasteiger partial charge in [0.15, 0.2) is 12.4 Å². The number of amides is 2. The minimum Gasteiger partial charge on any atom is -0.484 e. The number of rotatable bonds is 8. The number of benzene rings is 1. The maximum atomic E-state index is 13.4. The van der Waals surface area contributed by atoms with Crippen LogP contribution in [0, 0.1) is 11.2 Å². The van der Waals surface area contributed by atoms with E-state index in [9.17, 15) is 18.8 Å². The second-order valence-corrected chi connectivity index (χ2v) is 8.87. The Labute approximate surface area is 183 Å². The number of hydrogen-bond donors (Lipinski definition) is 2. The van der Waals surface area contributed by atoms with Crippen molar-refractivity contribution in [1.82, 2.24) is 10.3 Å². The van der Waals surface area contributed by atoms with Crippen molar-refractivity contribution in [2.45, 2.75) is 38.1 Å². The van der Waals surface area contributed by atoms with Crippen molar-refractivity contribution in [3.8, 4) is 5.75 Å². The van der Waals surface area contributed by atoms with Crippen LogP contribution in [-0.2, 0) is 9.59 Å². The van der Waals surface area contributed by atoms with Crippen LogP contribution in [-0.4, -0.2) is 34.7 Å². The van der Waals surface area contributed by atoms with Crippen molar-refractivity contribution < 1.29 is 23.5 Å². The van der Waals surface area contributed by atoms with E-state index < -0.39 is 5.82 Å². The first-order valence-electron chi connectivity index (χ1n) is 9.82. The van der Waals surface area contributed by atoms with Crippen molar-refractivity contribution in [2.75, 3.05) is 11.9 Å². The van der Waals surface area contributed by atoms with Gasteiger partial charge in [-0.05, 0) is 42.9 Å². The Morgan fingerprint density at radius 3 is 2.61 bits per heavy atom. The normalized spacial score (nSPS) is 23.2. The molecule has 2 aromatic rings. The summed E-state index contributed by atoms with van der Waals surface area (Å²) in [6, 6.07) is 5.62. The molecule has 1 heterocycles. The van der Waals surface area contributed by atoms with E-state index in [1.165, 1.54) is 31.5 Å². The molecule has 1 aromatic heterocycles. The number of halogens is 2. The van der Waals surface area contributed by atoms with Crippen LogP contribution >= 0.6 is 11.6 Å². The van der Waals surface area contributed by atoms with Gasteiger partial charge in [0.05, 0.1) is 16.9 Å². The van der Waals surface area contributed by atoms with E-state index in [2.05, 4.69) is 15.6 Å². The van der Waals surface area contributed by atoms with Gasteiger partial charge in [-0.2, -0.15) is 0 Å². The van der Waals surface area contributed by atoms with Gasteiger partial charge in [-0.15, -0.1) is 0 Å². The maximum absolute atomic E-state index is 13.4. The van der Waals surface area contributed by atoms with Gasteiger partial charge in [0.25, 0.3) is 5.91 Å². The molecule has 3 aliphatic rings. The topological polar surface area (TPSA) is 97.4 Å². The molecule has 5 rings (SSSR count). The molecule has 162 valence electrons. The fourth-order valence-electron chi connectivity index (χ4n) is 4.67. The number of nitrogens with zero attached hydrogens (tertiary/aromatic N) is 1. The zero-order chi connectivity index (χ0) is 22.2. The van der Waals surface area contributed by atoms with Crippen LogP contribution in [0.15, 0.2) is 36.7 Å². The number of nitrogens with one attached hydrogen (secondary N) is 2. The second kappa shape index (κ2) is 7.92. The third-order valence-electron chi connectivity index (χ3n) is 5.72. The molecule has 0 aliphatic heterocycles. The fraction of sp³-hybridized carbons (Fsp3) is 0.364. The van der Waals surface area contributed by atoms with Gasteiger partial charge < -0.3 is 15.4 Å². The maximum Gasteiger partial charge on any atom is 0.258 e. The Kier molecular flexibility index (Phi) is 5.43. The summed E-state index contributed by atoms with van der Waals surface area (Å²) >= 11 is 5.62. The number of Topliss-reactive ketones (excluding diaryl/α,β-unsaturated/α-hetero) is 1. The van der Waals surface area contributed by atoms with Gasteiger partial charge in [0.1, 0.15) is 11.6 Å². The average Bonchev–Trinajstić information content (AvgIpc) is 2.66. The van der Waals surface area contributed by atoms with Gasteiger partial charge in [-0.3, -0.25) is 19.4 Å². The molecule has 7 nitrogen and oxygen atoms in total. The number of aromatic nitrogens is 1. The Bertz CT molecular complexity index is 1050. The predicted molar refractivity (Wildman–Crippen MR) is 112 cm³/mol. The summed E-state index contributed by atoms with van der Waals surface area (Å²) in [5.41, 5.74) is 0.550. The van der Waals surface area contributed by atoms with E-state index in [-0.39, 0.29) is 45.9 Å². The number of carbonyl (C=O) groups excluding carboxylic acids is 3. The summed E-state index contributed by atoms with van der Waals surface area (Å²) in [5.74, 6) is -0.932. The zero-order valence-corrected chi connectivity index (χ0v) is 17.6. The first-order valence-corrected chi connectivity index (χ1v) is 10.2. The number of carbonyl (C=O) groups is 3. The molecule has 2 amide bonds. The molecule has 2 N–H and O–H groups in total. The molecule has 31 heavy (non-hydrogen) atoms. The van der Waals surface area contributed by atoms with Gasteiger partial charge in [-0.25, -0.2) is 4.39 Å². The number of ether oxygens (including phenoxy) is 1. The highest BCUT2D eigenvalue weighted by Gasteiger charge is 2.68. The largest absolute Gasteiger partial charge is 0.484 e. The van der Waals surface area contributed by atoms with Gasteiger partial charge in [0, 0.05) is 36.7 Å². The van der Waals surface area contributed by atoms with Crippen molar-refractivity contribution >= 4 is 34.9 Å². The second-order valence-electron chi connectivity index (χ2n) is 8.47. The number of anilines is 1. The molecular formula is C22H21ClFN3O4. The third kappa shape index (κ3) is 4.54. The number of pyridine rings is 1. The van der Waals surface area contributed by atoms with Crippen LogP contribution in [0.25, 0.3) is 0 Å². The van der Waals surface area contributed by atoms with Gasteiger partial charge in [0.2, 0.25) is 5.91 Å². The molecule has 9 heteroatoms. The summed E-state index contributed by atoms with van der Waals surface area (Å²) < 4.78 is 18.7. The van der Waals surface area contributed by atoms with E-state index >= 15 is 0 Å². The minimum atomic E-state index is -0.608. The first kappa shape index (κ1) is 21.2. The molecule has 0 saturated heterocycles. The average molecular weight is 446 g/mol. The van der Waals surface area contributed by atoms with Crippen LogP contribution in [0.4, 0.5) is 10.1 Å². The van der Waals surface area contributed by atoms with Gasteiger partial charge >= 0.3 is 0 Å². The van der Waals surface area contributed by atoms with Gasteiger partial charge in [-0.1, -0.05) is 11.6 Å². The molecule has 1 aromatic carbocycles. The Balaban J connectivity index is 1.25. The summed E-state index contributed by atoms with van der Waals surface area (Å²) in [4.78, 5) is 40.1. The van der Waals surface area contributed by atoms with Crippen LogP contribution < -0.4 is 15.4 Å². The standard InChI is InChI=1S/C22H21ClFN3O4/c1-13(28)26-15-4-14(7-25-8-15)19(29)6-21-10-22(11-21,12-21)27-20(30)9-31-16-2-3-17(23)18(24)5-16/h2-5,7-8H,6,9-12H2,1H3,(H,26,28)(H,27,30). The van der Waals surface area contributed by atoms with Crippen molar-refractivity contribution in [3.05, 3.63) is 53.1 Å². The Morgan fingerprint density at radius 2 is 1.94 bits per heavy atom. The van der Waals surface area contributed by atoms with E-state index in [0.29, 0.717) is 17.7 Å². The summed E-state index contributed by atoms with van der Waals surface area (Å²) in [5, 5.41) is 5.58. The highest BCUT2D eigenvalue weighted by atomic mass is 35.5. The van der Waals surface area contributed by atoms with Crippen molar-refractivity contribution in [1.29, 1.82) is 0 Å². The quantitative estimate of drug-likeness (QED) is 0.606. The molecule has 0 radical (unpaired) electrons. The number of hydrogen-bond acceptors (Lipinski definition) is 5. The summed E-state index contributed by atoms with van der Waals surface area (Å²) in [7, 11) is 0. The molecule has 2 bridgehead atoms. The first-order chi connectivity index (χ1) is 14.7. The fourth-order valence-corrected chi connectivity index (χ4v) is 4.79. The van der Waals surface area contributed by atoms with E-state index in [4.69, 9.17) is 16.3 Å². The highest BCUT2D eigenvalue weighted by Crippen LogP contribution is 2.69. The summed E-state index contributed by atoms with van der Waals surface area (Å²) in [6.07, 6.45) is 5.54. The van der Waals surface area contributed by atoms with Crippen LogP contribution in [0.5, 0.6) is 5.75 Å². The van der Waals surface area contributed by atoms with E-state index in [1.807, 2.05) is 0 Å².